The maximum absolute atomic E-state index is 10.2. The van der Waals surface area contributed by atoms with Gasteiger partial charge in [0, 0.05) is 26.6 Å². The van der Waals surface area contributed by atoms with Gasteiger partial charge in [-0.2, -0.15) is 5.10 Å². The van der Waals surface area contributed by atoms with Crippen LogP contribution < -0.4 is 5.32 Å². The van der Waals surface area contributed by atoms with E-state index in [2.05, 4.69) is 15.4 Å². The number of aliphatic hydroxyl groups is 1. The maximum atomic E-state index is 10.2. The number of rotatable bonds is 4. The second-order valence-corrected chi connectivity index (χ2v) is 4.27. The van der Waals surface area contributed by atoms with E-state index >= 15 is 0 Å². The summed E-state index contributed by atoms with van der Waals surface area (Å²) in [5, 5.41) is 17.4. The Balaban J connectivity index is 1.82. The summed E-state index contributed by atoms with van der Waals surface area (Å²) in [5.74, 6) is 0.857. The first-order chi connectivity index (χ1) is 7.62. The lowest BCUT2D eigenvalue weighted by Crippen LogP contribution is -2.45. The Kier molecular flexibility index (Phi) is 3.22. The Hall–Kier alpha value is -0.980. The summed E-state index contributed by atoms with van der Waals surface area (Å²) >= 11 is 0. The second-order valence-electron chi connectivity index (χ2n) is 4.27. The van der Waals surface area contributed by atoms with E-state index in [4.69, 9.17) is 4.74 Å². The molecule has 0 saturated carbocycles. The highest BCUT2D eigenvalue weighted by atomic mass is 16.5. The van der Waals surface area contributed by atoms with Crippen LogP contribution in [0.25, 0.3) is 0 Å². The van der Waals surface area contributed by atoms with E-state index in [1.165, 1.54) is 6.33 Å². The Morgan fingerprint density at radius 2 is 2.56 bits per heavy atom. The van der Waals surface area contributed by atoms with Crippen LogP contribution in [-0.2, 0) is 18.3 Å². The standard InChI is InChI=1S/C10H18N4O2/c1-8-10(15,3-4-16-8)6-11-5-9-12-7-13-14(9)2/h7-8,11,15H,3-6H2,1-2H3. The summed E-state index contributed by atoms with van der Waals surface area (Å²) in [7, 11) is 1.85. The molecule has 1 aliphatic heterocycles. The molecule has 1 saturated heterocycles. The van der Waals surface area contributed by atoms with Gasteiger partial charge in [0.05, 0.1) is 12.6 Å². The van der Waals surface area contributed by atoms with Crippen molar-refractivity contribution >= 4 is 0 Å². The molecule has 2 heterocycles. The molecule has 2 atom stereocenters. The van der Waals surface area contributed by atoms with Gasteiger partial charge in [-0.1, -0.05) is 0 Å². The Bertz CT molecular complexity index is 354. The van der Waals surface area contributed by atoms with Crippen molar-refractivity contribution in [2.75, 3.05) is 13.2 Å². The number of hydrogen-bond donors (Lipinski definition) is 2. The molecule has 1 aromatic heterocycles. The van der Waals surface area contributed by atoms with Crippen LogP contribution in [0.4, 0.5) is 0 Å². The predicted octanol–water partition coefficient (Wildman–Crippen LogP) is -0.555. The predicted molar refractivity (Wildman–Crippen MR) is 57.7 cm³/mol. The van der Waals surface area contributed by atoms with E-state index in [-0.39, 0.29) is 6.10 Å². The lowest BCUT2D eigenvalue weighted by atomic mass is 9.97. The first kappa shape index (κ1) is 11.5. The molecule has 6 nitrogen and oxygen atoms in total. The first-order valence-corrected chi connectivity index (χ1v) is 5.49. The Morgan fingerprint density at radius 1 is 1.75 bits per heavy atom. The van der Waals surface area contributed by atoms with Gasteiger partial charge in [0.2, 0.25) is 0 Å². The summed E-state index contributed by atoms with van der Waals surface area (Å²) in [6.45, 7) is 3.65. The van der Waals surface area contributed by atoms with Crippen LogP contribution in [-0.4, -0.2) is 44.7 Å². The SMILES string of the molecule is CC1OCCC1(O)CNCc1ncnn1C. The normalized spacial score (nSPS) is 29.8. The Morgan fingerprint density at radius 3 is 3.12 bits per heavy atom. The molecular weight excluding hydrogens is 208 g/mol. The molecule has 1 fully saturated rings. The van der Waals surface area contributed by atoms with Crippen molar-refractivity contribution < 1.29 is 9.84 Å². The highest BCUT2D eigenvalue weighted by Crippen LogP contribution is 2.24. The average Bonchev–Trinajstić information content (AvgIpc) is 2.77. The zero-order chi connectivity index (χ0) is 11.6. The van der Waals surface area contributed by atoms with E-state index in [1.807, 2.05) is 14.0 Å². The fraction of sp³-hybridized carbons (Fsp3) is 0.800. The van der Waals surface area contributed by atoms with Crippen molar-refractivity contribution in [1.29, 1.82) is 0 Å². The van der Waals surface area contributed by atoms with Gasteiger partial charge in [0.25, 0.3) is 0 Å². The molecule has 6 heteroatoms. The number of nitrogens with zero attached hydrogens (tertiary/aromatic N) is 3. The fourth-order valence-corrected chi connectivity index (χ4v) is 1.87. The van der Waals surface area contributed by atoms with Crippen molar-refractivity contribution in [3.05, 3.63) is 12.2 Å². The molecule has 2 unspecified atom stereocenters. The summed E-state index contributed by atoms with van der Waals surface area (Å²) in [4.78, 5) is 4.10. The topological polar surface area (TPSA) is 72.2 Å². The van der Waals surface area contributed by atoms with Crippen molar-refractivity contribution in [1.82, 2.24) is 20.1 Å². The van der Waals surface area contributed by atoms with Gasteiger partial charge in [-0.25, -0.2) is 4.98 Å². The van der Waals surface area contributed by atoms with Gasteiger partial charge in [-0.15, -0.1) is 0 Å². The minimum absolute atomic E-state index is 0.112. The van der Waals surface area contributed by atoms with Gasteiger partial charge >= 0.3 is 0 Å². The van der Waals surface area contributed by atoms with Gasteiger partial charge in [0.1, 0.15) is 17.8 Å². The van der Waals surface area contributed by atoms with Crippen molar-refractivity contribution in [3.63, 3.8) is 0 Å². The summed E-state index contributed by atoms with van der Waals surface area (Å²) in [6, 6.07) is 0. The number of hydrogen-bond acceptors (Lipinski definition) is 5. The summed E-state index contributed by atoms with van der Waals surface area (Å²) in [5.41, 5.74) is -0.751. The van der Waals surface area contributed by atoms with Gasteiger partial charge in [-0.05, 0) is 6.92 Å². The van der Waals surface area contributed by atoms with Crippen molar-refractivity contribution in [2.45, 2.75) is 31.6 Å². The molecule has 0 bridgehead atoms. The van der Waals surface area contributed by atoms with Crippen LogP contribution in [0.1, 0.15) is 19.2 Å². The number of ether oxygens (including phenoxy) is 1. The minimum Gasteiger partial charge on any atom is -0.386 e. The molecular formula is C10H18N4O2. The lowest BCUT2D eigenvalue weighted by Gasteiger charge is -2.26. The zero-order valence-electron chi connectivity index (χ0n) is 9.68. The third-order valence-electron chi connectivity index (χ3n) is 3.18. The van der Waals surface area contributed by atoms with Gasteiger partial charge in [0.15, 0.2) is 0 Å². The quantitative estimate of drug-likeness (QED) is 0.720. The smallest absolute Gasteiger partial charge is 0.140 e. The molecule has 1 aliphatic rings. The third-order valence-corrected chi connectivity index (χ3v) is 3.18. The fourth-order valence-electron chi connectivity index (χ4n) is 1.87. The van der Waals surface area contributed by atoms with Crippen molar-refractivity contribution in [2.24, 2.45) is 7.05 Å². The number of nitrogens with one attached hydrogen (secondary N) is 1. The molecule has 16 heavy (non-hydrogen) atoms. The monoisotopic (exact) mass is 226 g/mol. The highest BCUT2D eigenvalue weighted by Gasteiger charge is 2.38. The first-order valence-electron chi connectivity index (χ1n) is 5.49. The molecule has 90 valence electrons. The molecule has 0 aliphatic carbocycles. The molecule has 0 amide bonds. The van der Waals surface area contributed by atoms with Crippen LogP contribution >= 0.6 is 0 Å². The van der Waals surface area contributed by atoms with Crippen LogP contribution in [0.2, 0.25) is 0 Å². The van der Waals surface area contributed by atoms with Crippen molar-refractivity contribution in [3.8, 4) is 0 Å². The largest absolute Gasteiger partial charge is 0.386 e. The van der Waals surface area contributed by atoms with E-state index in [1.54, 1.807) is 4.68 Å². The van der Waals surface area contributed by atoms with E-state index < -0.39 is 5.60 Å². The van der Waals surface area contributed by atoms with E-state index in [0.717, 1.165) is 5.82 Å². The molecule has 0 spiro atoms. The summed E-state index contributed by atoms with van der Waals surface area (Å²) in [6.07, 6.45) is 2.09. The molecule has 0 radical (unpaired) electrons. The van der Waals surface area contributed by atoms with Gasteiger partial charge < -0.3 is 15.2 Å². The van der Waals surface area contributed by atoms with Gasteiger partial charge in [-0.3, -0.25) is 4.68 Å². The van der Waals surface area contributed by atoms with Crippen LogP contribution in [0.5, 0.6) is 0 Å². The Labute approximate surface area is 94.6 Å². The van der Waals surface area contributed by atoms with Crippen LogP contribution in [0, 0.1) is 0 Å². The van der Waals surface area contributed by atoms with E-state index in [0.29, 0.717) is 26.1 Å². The number of aryl methyl sites for hydroxylation is 1. The summed E-state index contributed by atoms with van der Waals surface area (Å²) < 4.78 is 7.07. The molecule has 0 aromatic carbocycles. The van der Waals surface area contributed by atoms with E-state index in [9.17, 15) is 5.11 Å². The number of aromatic nitrogens is 3. The van der Waals surface area contributed by atoms with Crippen LogP contribution in [0.3, 0.4) is 0 Å². The van der Waals surface area contributed by atoms with Crippen LogP contribution in [0.15, 0.2) is 6.33 Å². The minimum atomic E-state index is -0.751. The molecule has 1 aromatic rings. The zero-order valence-corrected chi connectivity index (χ0v) is 9.68. The maximum Gasteiger partial charge on any atom is 0.140 e. The highest BCUT2D eigenvalue weighted by molar-refractivity contribution is 4.92. The molecule has 2 rings (SSSR count). The molecule has 2 N–H and O–H groups in total. The lowest BCUT2D eigenvalue weighted by molar-refractivity contribution is -0.0264. The average molecular weight is 226 g/mol. The second kappa shape index (κ2) is 4.48. The third kappa shape index (κ3) is 2.23.